The smallest absolute Gasteiger partial charge is 0.325 e. The molecule has 0 unspecified atom stereocenters. The molecule has 1 aromatic heterocycles. The minimum absolute atomic E-state index is 0.0298. The van der Waals surface area contributed by atoms with E-state index in [1.54, 1.807) is 0 Å². The SMILES string of the molecule is COC(=O)CNc1nc(C)cc(C)c1C(N)=S. The van der Waals surface area contributed by atoms with Gasteiger partial charge in [-0.3, -0.25) is 4.79 Å². The fourth-order valence-electron chi connectivity index (χ4n) is 1.50. The van der Waals surface area contributed by atoms with Gasteiger partial charge in [-0.1, -0.05) is 12.2 Å². The number of methoxy groups -OCH3 is 1. The van der Waals surface area contributed by atoms with E-state index >= 15 is 0 Å². The Bertz CT molecular complexity index is 460. The average Bonchev–Trinajstić information content (AvgIpc) is 2.24. The van der Waals surface area contributed by atoms with Gasteiger partial charge in [-0.15, -0.1) is 0 Å². The van der Waals surface area contributed by atoms with Gasteiger partial charge in [-0.25, -0.2) is 4.98 Å². The van der Waals surface area contributed by atoms with E-state index in [0.717, 1.165) is 11.3 Å². The van der Waals surface area contributed by atoms with Gasteiger partial charge < -0.3 is 15.8 Å². The summed E-state index contributed by atoms with van der Waals surface area (Å²) in [6, 6.07) is 1.89. The van der Waals surface area contributed by atoms with E-state index in [1.165, 1.54) is 7.11 Å². The van der Waals surface area contributed by atoms with Crippen molar-refractivity contribution in [2.45, 2.75) is 13.8 Å². The Balaban J connectivity index is 3.04. The van der Waals surface area contributed by atoms with E-state index in [2.05, 4.69) is 15.0 Å². The number of pyridine rings is 1. The van der Waals surface area contributed by atoms with Crippen molar-refractivity contribution >= 4 is 29.0 Å². The van der Waals surface area contributed by atoms with Crippen molar-refractivity contribution in [3.8, 4) is 0 Å². The lowest BCUT2D eigenvalue weighted by atomic mass is 10.1. The van der Waals surface area contributed by atoms with Crippen LogP contribution in [0.3, 0.4) is 0 Å². The number of rotatable bonds is 4. The van der Waals surface area contributed by atoms with Crippen molar-refractivity contribution in [3.63, 3.8) is 0 Å². The van der Waals surface area contributed by atoms with E-state index < -0.39 is 0 Å². The molecule has 0 saturated carbocycles. The van der Waals surface area contributed by atoms with E-state index in [4.69, 9.17) is 18.0 Å². The molecule has 17 heavy (non-hydrogen) atoms. The maximum Gasteiger partial charge on any atom is 0.325 e. The summed E-state index contributed by atoms with van der Waals surface area (Å²) < 4.78 is 4.54. The van der Waals surface area contributed by atoms with Crippen molar-refractivity contribution in [2.24, 2.45) is 5.73 Å². The quantitative estimate of drug-likeness (QED) is 0.613. The zero-order chi connectivity index (χ0) is 13.0. The number of nitrogens with two attached hydrogens (primary N) is 1. The molecule has 0 spiro atoms. The Labute approximate surface area is 105 Å². The minimum atomic E-state index is -0.375. The van der Waals surface area contributed by atoms with Crippen LogP contribution in [0.5, 0.6) is 0 Å². The highest BCUT2D eigenvalue weighted by Gasteiger charge is 2.12. The third-order valence-electron chi connectivity index (χ3n) is 2.22. The summed E-state index contributed by atoms with van der Waals surface area (Å²) in [7, 11) is 1.33. The molecule has 1 heterocycles. The number of hydrogen-bond acceptors (Lipinski definition) is 5. The second kappa shape index (κ2) is 5.58. The zero-order valence-electron chi connectivity index (χ0n) is 10.0. The van der Waals surface area contributed by atoms with Crippen LogP contribution >= 0.6 is 12.2 Å². The molecule has 1 aromatic rings. The van der Waals surface area contributed by atoms with Gasteiger partial charge in [0.2, 0.25) is 0 Å². The molecule has 0 saturated heterocycles. The molecule has 0 fully saturated rings. The van der Waals surface area contributed by atoms with Crippen LogP contribution in [0, 0.1) is 13.8 Å². The molecular weight excluding hydrogens is 238 g/mol. The number of nitrogens with zero attached hydrogens (tertiary/aromatic N) is 1. The summed E-state index contributed by atoms with van der Waals surface area (Å²) in [6.45, 7) is 3.79. The molecule has 0 aliphatic rings. The fraction of sp³-hybridized carbons (Fsp3) is 0.364. The van der Waals surface area contributed by atoms with Gasteiger partial charge >= 0.3 is 5.97 Å². The lowest BCUT2D eigenvalue weighted by Crippen LogP contribution is -2.21. The Kier molecular flexibility index (Phi) is 4.39. The van der Waals surface area contributed by atoms with Crippen LogP contribution in [0.15, 0.2) is 6.07 Å². The minimum Gasteiger partial charge on any atom is -0.468 e. The third-order valence-corrected chi connectivity index (χ3v) is 2.42. The van der Waals surface area contributed by atoms with Gasteiger partial charge in [0.25, 0.3) is 0 Å². The lowest BCUT2D eigenvalue weighted by molar-refractivity contribution is -0.138. The number of aromatic nitrogens is 1. The first-order chi connectivity index (χ1) is 7.95. The summed E-state index contributed by atoms with van der Waals surface area (Å²) in [4.78, 5) is 15.6. The second-order valence-electron chi connectivity index (χ2n) is 3.60. The Morgan fingerprint density at radius 1 is 1.59 bits per heavy atom. The first-order valence-electron chi connectivity index (χ1n) is 5.04. The first kappa shape index (κ1) is 13.4. The summed E-state index contributed by atoms with van der Waals surface area (Å²) in [6.07, 6.45) is 0. The maximum atomic E-state index is 11.1. The molecule has 6 heteroatoms. The molecule has 0 bridgehead atoms. The number of carbonyl (C=O) groups is 1. The van der Waals surface area contributed by atoms with Gasteiger partial charge in [-0.2, -0.15) is 0 Å². The van der Waals surface area contributed by atoms with Crippen LogP contribution < -0.4 is 11.1 Å². The topological polar surface area (TPSA) is 77.2 Å². The zero-order valence-corrected chi connectivity index (χ0v) is 10.9. The van der Waals surface area contributed by atoms with Crippen LogP contribution in [0.25, 0.3) is 0 Å². The molecule has 0 aliphatic heterocycles. The van der Waals surface area contributed by atoms with Crippen LogP contribution in [-0.4, -0.2) is 29.6 Å². The highest BCUT2D eigenvalue weighted by atomic mass is 32.1. The van der Waals surface area contributed by atoms with E-state index in [0.29, 0.717) is 11.4 Å². The maximum absolute atomic E-state index is 11.1. The van der Waals surface area contributed by atoms with Gasteiger partial charge in [0.15, 0.2) is 0 Å². The lowest BCUT2D eigenvalue weighted by Gasteiger charge is -2.12. The van der Waals surface area contributed by atoms with Crippen molar-refractivity contribution in [1.29, 1.82) is 0 Å². The molecule has 0 amide bonds. The number of hydrogen-bond donors (Lipinski definition) is 2. The molecule has 0 aliphatic carbocycles. The van der Waals surface area contributed by atoms with Gasteiger partial charge in [0.1, 0.15) is 17.4 Å². The van der Waals surface area contributed by atoms with Crippen LogP contribution in [0.1, 0.15) is 16.8 Å². The third kappa shape index (κ3) is 3.39. The molecule has 0 radical (unpaired) electrons. The first-order valence-corrected chi connectivity index (χ1v) is 5.45. The number of ether oxygens (including phenoxy) is 1. The highest BCUT2D eigenvalue weighted by molar-refractivity contribution is 7.80. The molecule has 3 N–H and O–H groups in total. The summed E-state index contributed by atoms with van der Waals surface area (Å²) in [5, 5.41) is 2.87. The van der Waals surface area contributed by atoms with Crippen molar-refractivity contribution in [2.75, 3.05) is 19.0 Å². The number of carbonyl (C=O) groups excluding carboxylic acids is 1. The molecule has 92 valence electrons. The molecular formula is C11H15N3O2S. The van der Waals surface area contributed by atoms with Crippen molar-refractivity contribution in [3.05, 3.63) is 22.9 Å². The molecule has 0 aromatic carbocycles. The van der Waals surface area contributed by atoms with Crippen molar-refractivity contribution < 1.29 is 9.53 Å². The predicted molar refractivity (Wildman–Crippen MR) is 70.1 cm³/mol. The summed E-state index contributed by atoms with van der Waals surface area (Å²) in [5.74, 6) is 0.139. The van der Waals surface area contributed by atoms with Crippen LogP contribution in [0.4, 0.5) is 5.82 Å². The fourth-order valence-corrected chi connectivity index (χ4v) is 1.76. The van der Waals surface area contributed by atoms with E-state index in [1.807, 2.05) is 19.9 Å². The van der Waals surface area contributed by atoms with E-state index in [9.17, 15) is 4.79 Å². The Hall–Kier alpha value is -1.69. The van der Waals surface area contributed by atoms with E-state index in [-0.39, 0.29) is 17.5 Å². The summed E-state index contributed by atoms with van der Waals surface area (Å²) >= 11 is 4.97. The number of thiocarbonyl (C=S) groups is 1. The highest BCUT2D eigenvalue weighted by Crippen LogP contribution is 2.18. The number of nitrogens with one attached hydrogen (secondary N) is 1. The van der Waals surface area contributed by atoms with Crippen molar-refractivity contribution in [1.82, 2.24) is 4.98 Å². The Morgan fingerprint density at radius 2 is 2.24 bits per heavy atom. The van der Waals surface area contributed by atoms with Crippen LogP contribution in [0.2, 0.25) is 0 Å². The largest absolute Gasteiger partial charge is 0.468 e. The van der Waals surface area contributed by atoms with Crippen LogP contribution in [-0.2, 0) is 9.53 Å². The predicted octanol–water partition coefficient (Wildman–Crippen LogP) is 0.918. The van der Waals surface area contributed by atoms with Gasteiger partial charge in [-0.05, 0) is 25.5 Å². The number of aryl methyl sites for hydroxylation is 2. The molecule has 1 rings (SSSR count). The average molecular weight is 253 g/mol. The monoisotopic (exact) mass is 253 g/mol. The number of esters is 1. The normalized spacial score (nSPS) is 9.82. The Morgan fingerprint density at radius 3 is 2.76 bits per heavy atom. The molecule has 5 nitrogen and oxygen atoms in total. The summed E-state index contributed by atoms with van der Waals surface area (Å²) in [5.41, 5.74) is 8.06. The standard InChI is InChI=1S/C11H15N3O2S/c1-6-4-7(2)14-11(9(6)10(12)17)13-5-8(15)16-3/h4H,5H2,1-3H3,(H2,12,17)(H,13,14). The van der Waals surface area contributed by atoms with Gasteiger partial charge in [0, 0.05) is 5.69 Å². The number of anilines is 1. The second-order valence-corrected chi connectivity index (χ2v) is 4.04. The van der Waals surface area contributed by atoms with Gasteiger partial charge in [0.05, 0.1) is 12.7 Å². The molecule has 0 atom stereocenters.